The summed E-state index contributed by atoms with van der Waals surface area (Å²) in [5, 5.41) is 31.6. The van der Waals surface area contributed by atoms with E-state index in [4.69, 9.17) is 4.74 Å². The van der Waals surface area contributed by atoms with Crippen LogP contribution in [0.1, 0.15) is 51.5 Å². The van der Waals surface area contributed by atoms with Crippen molar-refractivity contribution in [3.63, 3.8) is 0 Å². The Morgan fingerprint density at radius 2 is 1.97 bits per heavy atom. The van der Waals surface area contributed by atoms with Gasteiger partial charge in [-0.15, -0.1) is 0 Å². The number of nitrogens with zero attached hydrogens (tertiary/aromatic N) is 3. The van der Waals surface area contributed by atoms with Crippen molar-refractivity contribution in [3.05, 3.63) is 64.9 Å². The highest BCUT2D eigenvalue weighted by Gasteiger charge is 2.68. The Morgan fingerprint density at radius 3 is 2.78 bits per heavy atom. The number of allylic oxidation sites excluding steroid dienone is 3. The smallest absolute Gasteiger partial charge is 0.105 e. The molecule has 7 unspecified atom stereocenters. The van der Waals surface area contributed by atoms with E-state index in [2.05, 4.69) is 54.4 Å². The third-order valence-corrected chi connectivity index (χ3v) is 10.2. The molecule has 6 nitrogen and oxygen atoms in total. The molecule has 7 rings (SSSR count). The Kier molecular flexibility index (Phi) is 4.65. The molecule has 2 spiro atoms. The topological polar surface area (TPSA) is 78.7 Å². The first-order valence-electron chi connectivity index (χ1n) is 13.3. The second-order valence-electron chi connectivity index (χ2n) is 12.3. The maximum atomic E-state index is 11.2. The monoisotopic (exact) mass is 485 g/mol. The largest absolute Gasteiger partial charge is 0.388 e. The summed E-state index contributed by atoms with van der Waals surface area (Å²) in [6.07, 6.45) is 9.24. The van der Waals surface area contributed by atoms with Gasteiger partial charge in [0.1, 0.15) is 6.10 Å². The SMILES string of the molecule is CC1=C2C=C3C(O)C(O)C(N(C)C)CC34CCC2(O4)C2CC=C(c3ccc4nnccc4c3)C2(C)C1. The van der Waals surface area contributed by atoms with Crippen LogP contribution >= 0.6 is 0 Å². The normalized spacial score (nSPS) is 41.2. The van der Waals surface area contributed by atoms with Crippen molar-refractivity contribution in [2.24, 2.45) is 11.3 Å². The van der Waals surface area contributed by atoms with Crippen molar-refractivity contribution in [3.8, 4) is 0 Å². The molecule has 0 radical (unpaired) electrons. The van der Waals surface area contributed by atoms with Gasteiger partial charge in [-0.05, 0) is 93.6 Å². The summed E-state index contributed by atoms with van der Waals surface area (Å²) in [5.74, 6) is 0.337. The van der Waals surface area contributed by atoms with E-state index in [0.29, 0.717) is 12.3 Å². The number of aliphatic hydroxyl groups is 2. The lowest BCUT2D eigenvalue weighted by atomic mass is 9.56. The number of benzene rings is 1. The number of aliphatic hydroxyl groups excluding tert-OH is 2. The lowest BCUT2D eigenvalue weighted by Gasteiger charge is -2.56. The fourth-order valence-electron chi connectivity index (χ4n) is 8.60. The number of rotatable bonds is 2. The van der Waals surface area contributed by atoms with Gasteiger partial charge in [0.2, 0.25) is 0 Å². The van der Waals surface area contributed by atoms with Gasteiger partial charge >= 0.3 is 0 Å². The Bertz CT molecular complexity index is 1380. The van der Waals surface area contributed by atoms with Gasteiger partial charge in [-0.1, -0.05) is 30.7 Å². The third kappa shape index (κ3) is 2.76. The highest BCUT2D eigenvalue weighted by Crippen LogP contribution is 2.69. The summed E-state index contributed by atoms with van der Waals surface area (Å²) in [6.45, 7) is 4.67. The summed E-state index contributed by atoms with van der Waals surface area (Å²) in [5.41, 5.74) is 6.19. The van der Waals surface area contributed by atoms with Crippen LogP contribution in [-0.2, 0) is 4.74 Å². The standard InChI is InChI=1S/C30H35N3O3/c1-17-15-28(2)20(18-5-7-23-19(13-18)9-12-31-32-23)6-8-25(28)30-11-10-29(36-30)16-24(33(3)4)27(35)26(34)22(29)14-21(17)30/h5-7,9,12-14,24-27,34-35H,8,10-11,15-16H2,1-4H3. The van der Waals surface area contributed by atoms with Crippen LogP contribution in [0.15, 0.2) is 59.3 Å². The van der Waals surface area contributed by atoms with E-state index in [9.17, 15) is 10.2 Å². The molecule has 2 N–H and O–H groups in total. The molecule has 2 aromatic rings. The van der Waals surface area contributed by atoms with Gasteiger partial charge in [0.15, 0.2) is 0 Å². The highest BCUT2D eigenvalue weighted by atomic mass is 16.5. The Labute approximate surface area is 212 Å². The Hall–Kier alpha value is -2.38. The van der Waals surface area contributed by atoms with Crippen LogP contribution in [0.5, 0.6) is 0 Å². The molecule has 5 aliphatic rings. The summed E-state index contributed by atoms with van der Waals surface area (Å²) < 4.78 is 7.31. The van der Waals surface area contributed by atoms with Crippen molar-refractivity contribution >= 4 is 16.5 Å². The summed E-state index contributed by atoms with van der Waals surface area (Å²) in [4.78, 5) is 2.04. The summed E-state index contributed by atoms with van der Waals surface area (Å²) in [7, 11) is 3.96. The molecule has 1 saturated carbocycles. The molecule has 188 valence electrons. The van der Waals surface area contributed by atoms with E-state index < -0.39 is 17.8 Å². The lowest BCUT2D eigenvalue weighted by molar-refractivity contribution is -0.162. The maximum Gasteiger partial charge on any atom is 0.105 e. The predicted molar refractivity (Wildman–Crippen MR) is 139 cm³/mol. The fourth-order valence-corrected chi connectivity index (χ4v) is 8.60. The summed E-state index contributed by atoms with van der Waals surface area (Å²) >= 11 is 0. The number of hydrogen-bond acceptors (Lipinski definition) is 6. The summed E-state index contributed by atoms with van der Waals surface area (Å²) in [6, 6.07) is 8.43. The quantitative estimate of drug-likeness (QED) is 0.669. The minimum atomic E-state index is -0.895. The van der Waals surface area contributed by atoms with Crippen LogP contribution in [0.25, 0.3) is 16.5 Å². The van der Waals surface area contributed by atoms with E-state index in [0.717, 1.165) is 42.2 Å². The molecule has 1 aromatic carbocycles. The fraction of sp³-hybridized carbons (Fsp3) is 0.533. The van der Waals surface area contributed by atoms with Gasteiger partial charge in [0.25, 0.3) is 0 Å². The van der Waals surface area contributed by atoms with Gasteiger partial charge < -0.3 is 19.8 Å². The maximum absolute atomic E-state index is 11.2. The lowest BCUT2D eigenvalue weighted by Crippen LogP contribution is -2.62. The van der Waals surface area contributed by atoms with Crippen LogP contribution in [0.3, 0.4) is 0 Å². The number of likely N-dealkylation sites (N-methyl/N-ethyl adjacent to an activating group) is 1. The van der Waals surface area contributed by atoms with Crippen molar-refractivity contribution in [2.75, 3.05) is 14.1 Å². The third-order valence-electron chi connectivity index (χ3n) is 10.2. The van der Waals surface area contributed by atoms with Gasteiger partial charge in [0, 0.05) is 22.8 Å². The van der Waals surface area contributed by atoms with Crippen molar-refractivity contribution < 1.29 is 14.9 Å². The molecule has 6 heteroatoms. The van der Waals surface area contributed by atoms with Crippen LogP contribution in [0.4, 0.5) is 0 Å². The molecule has 3 heterocycles. The molecule has 1 aromatic heterocycles. The zero-order valence-electron chi connectivity index (χ0n) is 21.5. The first kappa shape index (κ1) is 22.8. The van der Waals surface area contributed by atoms with Gasteiger partial charge in [-0.3, -0.25) is 0 Å². The van der Waals surface area contributed by atoms with Gasteiger partial charge in [-0.2, -0.15) is 10.2 Å². The zero-order chi connectivity index (χ0) is 25.0. The Balaban J connectivity index is 1.33. The van der Waals surface area contributed by atoms with Crippen LogP contribution < -0.4 is 0 Å². The number of fused-ring (bicyclic) bond motifs is 2. The number of aromatic nitrogens is 2. The van der Waals surface area contributed by atoms with E-state index in [1.165, 1.54) is 22.3 Å². The van der Waals surface area contributed by atoms with E-state index in [-0.39, 0.29) is 17.1 Å². The minimum absolute atomic E-state index is 0.0354. The molecular formula is C30H35N3O3. The second-order valence-corrected chi connectivity index (χ2v) is 12.3. The van der Waals surface area contributed by atoms with Crippen molar-refractivity contribution in [2.45, 2.75) is 75.4 Å². The molecule has 3 aliphatic carbocycles. The first-order valence-corrected chi connectivity index (χ1v) is 13.3. The molecule has 2 aliphatic heterocycles. The minimum Gasteiger partial charge on any atom is -0.388 e. The van der Waals surface area contributed by atoms with E-state index in [1.54, 1.807) is 6.20 Å². The average Bonchev–Trinajstić information content (AvgIpc) is 3.36. The molecule has 2 bridgehead atoms. The first-order chi connectivity index (χ1) is 17.2. The van der Waals surface area contributed by atoms with Crippen LogP contribution in [-0.4, -0.2) is 68.9 Å². The highest BCUT2D eigenvalue weighted by molar-refractivity contribution is 5.85. The van der Waals surface area contributed by atoms with Crippen LogP contribution in [0, 0.1) is 11.3 Å². The van der Waals surface area contributed by atoms with E-state index in [1.807, 2.05) is 25.1 Å². The van der Waals surface area contributed by atoms with Crippen molar-refractivity contribution in [1.82, 2.24) is 15.1 Å². The van der Waals surface area contributed by atoms with Gasteiger partial charge in [0.05, 0.1) is 29.0 Å². The molecule has 7 atom stereocenters. The second kappa shape index (κ2) is 7.35. The van der Waals surface area contributed by atoms with Crippen LogP contribution in [0.2, 0.25) is 0 Å². The van der Waals surface area contributed by atoms with E-state index >= 15 is 0 Å². The molecule has 36 heavy (non-hydrogen) atoms. The van der Waals surface area contributed by atoms with Gasteiger partial charge in [-0.25, -0.2) is 0 Å². The zero-order valence-corrected chi connectivity index (χ0v) is 21.5. The molecule has 0 amide bonds. The average molecular weight is 486 g/mol. The number of hydrogen-bond donors (Lipinski definition) is 2. The molecule has 2 fully saturated rings. The van der Waals surface area contributed by atoms with Crippen molar-refractivity contribution in [1.29, 1.82) is 0 Å². The predicted octanol–water partition coefficient (Wildman–Crippen LogP) is 4.04. The number of ether oxygens (including phenoxy) is 1. The molecule has 1 saturated heterocycles. The Morgan fingerprint density at radius 1 is 1.14 bits per heavy atom. The molecular weight excluding hydrogens is 450 g/mol.